The molecular formula is C16H14O2. The van der Waals surface area contributed by atoms with Crippen molar-refractivity contribution in [3.05, 3.63) is 59.2 Å². The zero-order valence-corrected chi connectivity index (χ0v) is 10.3. The summed E-state index contributed by atoms with van der Waals surface area (Å²) < 4.78 is 5.81. The van der Waals surface area contributed by atoms with Crippen molar-refractivity contribution in [3.63, 3.8) is 0 Å². The molecular weight excluding hydrogens is 224 g/mol. The van der Waals surface area contributed by atoms with Crippen LogP contribution in [0, 0.1) is 6.92 Å². The molecule has 0 aromatic heterocycles. The highest BCUT2D eigenvalue weighted by Crippen LogP contribution is 2.29. The van der Waals surface area contributed by atoms with E-state index >= 15 is 0 Å². The van der Waals surface area contributed by atoms with E-state index in [0.29, 0.717) is 6.42 Å². The van der Waals surface area contributed by atoms with Crippen LogP contribution in [-0.2, 0) is 6.42 Å². The van der Waals surface area contributed by atoms with Crippen molar-refractivity contribution in [2.45, 2.75) is 19.8 Å². The van der Waals surface area contributed by atoms with Crippen LogP contribution in [0.15, 0.2) is 42.5 Å². The number of rotatable bonds is 2. The topological polar surface area (TPSA) is 26.3 Å². The molecule has 1 aliphatic rings. The number of Topliss-reactive ketones (excluding diaryl/α,β-unsaturated/α-hetero) is 1. The molecule has 1 aliphatic carbocycles. The van der Waals surface area contributed by atoms with Crippen molar-refractivity contribution >= 4 is 5.78 Å². The van der Waals surface area contributed by atoms with Gasteiger partial charge in [-0.3, -0.25) is 4.79 Å². The van der Waals surface area contributed by atoms with Crippen molar-refractivity contribution in [1.29, 1.82) is 0 Å². The predicted octanol–water partition coefficient (Wildman–Crippen LogP) is 3.92. The van der Waals surface area contributed by atoms with Gasteiger partial charge in [0.25, 0.3) is 0 Å². The molecule has 0 fully saturated rings. The van der Waals surface area contributed by atoms with Crippen LogP contribution in [0.1, 0.15) is 27.9 Å². The first-order valence-electron chi connectivity index (χ1n) is 6.13. The van der Waals surface area contributed by atoms with Crippen LogP contribution in [0.5, 0.6) is 11.5 Å². The highest BCUT2D eigenvalue weighted by atomic mass is 16.5. The number of carbonyl (C=O) groups is 1. The fourth-order valence-electron chi connectivity index (χ4n) is 2.31. The van der Waals surface area contributed by atoms with E-state index < -0.39 is 0 Å². The molecule has 0 unspecified atom stereocenters. The molecule has 2 aromatic carbocycles. The van der Waals surface area contributed by atoms with E-state index in [0.717, 1.165) is 29.0 Å². The van der Waals surface area contributed by atoms with Gasteiger partial charge in [-0.25, -0.2) is 0 Å². The Bertz CT molecular complexity index is 614. The van der Waals surface area contributed by atoms with Crippen molar-refractivity contribution in [3.8, 4) is 11.5 Å². The number of carbonyl (C=O) groups excluding carboxylic acids is 1. The predicted molar refractivity (Wildman–Crippen MR) is 70.3 cm³/mol. The molecule has 18 heavy (non-hydrogen) atoms. The lowest BCUT2D eigenvalue weighted by molar-refractivity contribution is 0.0994. The summed E-state index contributed by atoms with van der Waals surface area (Å²) in [5.74, 6) is 1.88. The zero-order chi connectivity index (χ0) is 12.5. The molecule has 2 nitrogen and oxygen atoms in total. The molecule has 2 heteroatoms. The van der Waals surface area contributed by atoms with Gasteiger partial charge in [0.15, 0.2) is 5.78 Å². The molecule has 0 saturated heterocycles. The van der Waals surface area contributed by atoms with Crippen molar-refractivity contribution in [2.75, 3.05) is 0 Å². The quantitative estimate of drug-likeness (QED) is 0.792. The van der Waals surface area contributed by atoms with Crippen LogP contribution in [0.2, 0.25) is 0 Å². The van der Waals surface area contributed by atoms with E-state index in [9.17, 15) is 4.79 Å². The van der Waals surface area contributed by atoms with E-state index in [1.54, 1.807) is 0 Å². The fraction of sp³-hybridized carbons (Fsp3) is 0.188. The maximum atomic E-state index is 11.5. The second kappa shape index (κ2) is 4.30. The molecule has 0 heterocycles. The second-order valence-electron chi connectivity index (χ2n) is 4.66. The zero-order valence-electron chi connectivity index (χ0n) is 10.3. The van der Waals surface area contributed by atoms with Crippen molar-refractivity contribution in [1.82, 2.24) is 0 Å². The lowest BCUT2D eigenvalue weighted by Gasteiger charge is -2.07. The summed E-state index contributed by atoms with van der Waals surface area (Å²) in [5, 5.41) is 0. The number of aryl methyl sites for hydroxylation is 2. The lowest BCUT2D eigenvalue weighted by atomic mass is 10.1. The van der Waals surface area contributed by atoms with E-state index in [4.69, 9.17) is 4.74 Å². The lowest BCUT2D eigenvalue weighted by Crippen LogP contribution is -1.91. The standard InChI is InChI=1S/C16H14O2/c1-11-3-2-4-13(9-11)18-14-6-7-15-12(10-14)5-8-16(15)17/h2-4,6-7,9-10H,5,8H2,1H3. The van der Waals surface area contributed by atoms with Crippen LogP contribution in [0.25, 0.3) is 0 Å². The van der Waals surface area contributed by atoms with Gasteiger partial charge in [-0.05, 0) is 54.8 Å². The normalized spacial score (nSPS) is 13.5. The Kier molecular flexibility index (Phi) is 2.63. The van der Waals surface area contributed by atoms with E-state index in [-0.39, 0.29) is 5.78 Å². The van der Waals surface area contributed by atoms with E-state index in [1.807, 2.05) is 49.4 Å². The van der Waals surface area contributed by atoms with Crippen molar-refractivity contribution < 1.29 is 9.53 Å². The Morgan fingerprint density at radius 2 is 1.83 bits per heavy atom. The highest BCUT2D eigenvalue weighted by molar-refractivity contribution is 6.00. The summed E-state index contributed by atoms with van der Waals surface area (Å²) in [6.45, 7) is 2.04. The number of hydrogen-bond donors (Lipinski definition) is 0. The number of ether oxygens (including phenoxy) is 1. The minimum atomic E-state index is 0.243. The first-order valence-corrected chi connectivity index (χ1v) is 6.13. The molecule has 90 valence electrons. The number of ketones is 1. The molecule has 0 spiro atoms. The van der Waals surface area contributed by atoms with Crippen LogP contribution in [0.4, 0.5) is 0 Å². The largest absolute Gasteiger partial charge is 0.457 e. The molecule has 0 aliphatic heterocycles. The fourth-order valence-corrected chi connectivity index (χ4v) is 2.31. The number of fused-ring (bicyclic) bond motifs is 1. The Balaban J connectivity index is 1.88. The Morgan fingerprint density at radius 3 is 2.67 bits per heavy atom. The van der Waals surface area contributed by atoms with Gasteiger partial charge in [0.1, 0.15) is 11.5 Å². The second-order valence-corrected chi connectivity index (χ2v) is 4.66. The third-order valence-electron chi connectivity index (χ3n) is 3.22. The molecule has 0 saturated carbocycles. The molecule has 0 bridgehead atoms. The Hall–Kier alpha value is -2.09. The van der Waals surface area contributed by atoms with Gasteiger partial charge >= 0.3 is 0 Å². The molecule has 2 aromatic rings. The van der Waals surface area contributed by atoms with Crippen LogP contribution in [0.3, 0.4) is 0 Å². The summed E-state index contributed by atoms with van der Waals surface area (Å²) >= 11 is 0. The van der Waals surface area contributed by atoms with Gasteiger partial charge in [-0.1, -0.05) is 12.1 Å². The van der Waals surface area contributed by atoms with Crippen LogP contribution in [-0.4, -0.2) is 5.78 Å². The third kappa shape index (κ3) is 2.02. The maximum absolute atomic E-state index is 11.5. The number of hydrogen-bond acceptors (Lipinski definition) is 2. The number of benzene rings is 2. The molecule has 3 rings (SSSR count). The van der Waals surface area contributed by atoms with Crippen molar-refractivity contribution in [2.24, 2.45) is 0 Å². The van der Waals surface area contributed by atoms with E-state index in [2.05, 4.69) is 0 Å². The van der Waals surface area contributed by atoms with Crippen LogP contribution >= 0.6 is 0 Å². The first kappa shape index (κ1) is 11.0. The van der Waals surface area contributed by atoms with Gasteiger partial charge in [0.05, 0.1) is 0 Å². The van der Waals surface area contributed by atoms with Gasteiger partial charge < -0.3 is 4.74 Å². The Labute approximate surface area is 106 Å². The minimum absolute atomic E-state index is 0.243. The minimum Gasteiger partial charge on any atom is -0.457 e. The average molecular weight is 238 g/mol. The summed E-state index contributed by atoms with van der Waals surface area (Å²) in [6.07, 6.45) is 1.46. The highest BCUT2D eigenvalue weighted by Gasteiger charge is 2.19. The summed E-state index contributed by atoms with van der Waals surface area (Å²) in [7, 11) is 0. The Morgan fingerprint density at radius 1 is 1.00 bits per heavy atom. The van der Waals surface area contributed by atoms with Gasteiger partial charge in [0.2, 0.25) is 0 Å². The average Bonchev–Trinajstić information content (AvgIpc) is 2.71. The molecule has 0 atom stereocenters. The summed E-state index contributed by atoms with van der Waals surface area (Å²) in [5.41, 5.74) is 3.13. The third-order valence-corrected chi connectivity index (χ3v) is 3.22. The van der Waals surface area contributed by atoms with Gasteiger partial charge in [-0.2, -0.15) is 0 Å². The smallest absolute Gasteiger partial charge is 0.163 e. The summed E-state index contributed by atoms with van der Waals surface area (Å²) in [4.78, 5) is 11.5. The molecule has 0 radical (unpaired) electrons. The molecule has 0 N–H and O–H groups in total. The maximum Gasteiger partial charge on any atom is 0.163 e. The first-order chi connectivity index (χ1) is 8.72. The summed E-state index contributed by atoms with van der Waals surface area (Å²) in [6, 6.07) is 13.7. The SMILES string of the molecule is Cc1cccc(Oc2ccc3c(c2)CCC3=O)c1. The van der Waals surface area contributed by atoms with Gasteiger partial charge in [-0.15, -0.1) is 0 Å². The van der Waals surface area contributed by atoms with Crippen LogP contribution < -0.4 is 4.74 Å². The molecule has 0 amide bonds. The van der Waals surface area contributed by atoms with Gasteiger partial charge in [0, 0.05) is 12.0 Å². The van der Waals surface area contributed by atoms with E-state index in [1.165, 1.54) is 5.56 Å². The monoisotopic (exact) mass is 238 g/mol.